The molecule has 5 nitrogen and oxygen atoms in total. The molecule has 0 unspecified atom stereocenters. The highest BCUT2D eigenvalue weighted by molar-refractivity contribution is 5.94. The van der Waals surface area contributed by atoms with Crippen molar-refractivity contribution < 1.29 is 19.0 Å². The molecule has 0 aliphatic carbocycles. The molecule has 4 aromatic rings. The average Bonchev–Trinajstić information content (AvgIpc) is 2.76. The summed E-state index contributed by atoms with van der Waals surface area (Å²) < 4.78 is 16.6. The number of aromatic nitrogens is 1. The van der Waals surface area contributed by atoms with Crippen molar-refractivity contribution in [3.63, 3.8) is 0 Å². The van der Waals surface area contributed by atoms with E-state index in [1.54, 1.807) is 6.07 Å². The summed E-state index contributed by atoms with van der Waals surface area (Å²) in [6.45, 7) is 0.704. The van der Waals surface area contributed by atoms with Crippen molar-refractivity contribution in [1.29, 1.82) is 0 Å². The van der Waals surface area contributed by atoms with Gasteiger partial charge in [-0.3, -0.25) is 0 Å². The number of carbonyl (C=O) groups is 1. The second kappa shape index (κ2) is 7.96. The van der Waals surface area contributed by atoms with Crippen LogP contribution in [0.25, 0.3) is 21.7 Å². The van der Waals surface area contributed by atoms with Crippen LogP contribution in [0.5, 0.6) is 11.5 Å². The number of benzene rings is 3. The standard InChI is InChI=1S/C23H19NO4/c1-26-23(25)20-15-22(18-10-4-5-11-19(18)24-20)28-14-13-27-21-12-6-8-16-7-2-3-9-17(16)21/h2-12,15H,13-14H2,1H3. The van der Waals surface area contributed by atoms with Gasteiger partial charge in [-0.15, -0.1) is 0 Å². The monoisotopic (exact) mass is 373 g/mol. The number of carbonyl (C=O) groups excluding carboxylic acids is 1. The van der Waals surface area contributed by atoms with Crippen LogP contribution in [-0.4, -0.2) is 31.3 Å². The Labute approximate surface area is 162 Å². The Bertz CT molecular complexity index is 1130. The molecule has 140 valence electrons. The van der Waals surface area contributed by atoms with Crippen LogP contribution in [0.1, 0.15) is 10.5 Å². The molecule has 0 atom stereocenters. The molecule has 0 saturated heterocycles. The number of methoxy groups -OCH3 is 1. The van der Waals surface area contributed by atoms with Crippen molar-refractivity contribution in [2.75, 3.05) is 20.3 Å². The van der Waals surface area contributed by atoms with Gasteiger partial charge in [0.1, 0.15) is 24.7 Å². The Balaban J connectivity index is 1.50. The van der Waals surface area contributed by atoms with Gasteiger partial charge in [0.05, 0.1) is 12.6 Å². The molecule has 0 bridgehead atoms. The highest BCUT2D eigenvalue weighted by atomic mass is 16.5. The number of pyridine rings is 1. The number of esters is 1. The van der Waals surface area contributed by atoms with E-state index in [-0.39, 0.29) is 5.69 Å². The lowest BCUT2D eigenvalue weighted by Gasteiger charge is -2.12. The average molecular weight is 373 g/mol. The van der Waals surface area contributed by atoms with Crippen LogP contribution < -0.4 is 9.47 Å². The molecule has 0 radical (unpaired) electrons. The van der Waals surface area contributed by atoms with Gasteiger partial charge in [-0.1, -0.05) is 48.5 Å². The molecule has 0 amide bonds. The van der Waals surface area contributed by atoms with Crippen molar-refractivity contribution >= 4 is 27.6 Å². The lowest BCUT2D eigenvalue weighted by atomic mass is 10.1. The highest BCUT2D eigenvalue weighted by Gasteiger charge is 2.13. The third-order valence-electron chi connectivity index (χ3n) is 4.42. The zero-order valence-electron chi connectivity index (χ0n) is 15.4. The second-order valence-electron chi connectivity index (χ2n) is 6.19. The van der Waals surface area contributed by atoms with E-state index < -0.39 is 5.97 Å². The van der Waals surface area contributed by atoms with E-state index >= 15 is 0 Å². The largest absolute Gasteiger partial charge is 0.489 e. The molecule has 28 heavy (non-hydrogen) atoms. The van der Waals surface area contributed by atoms with E-state index in [4.69, 9.17) is 14.2 Å². The minimum Gasteiger partial charge on any atom is -0.489 e. The first kappa shape index (κ1) is 17.8. The van der Waals surface area contributed by atoms with Crippen LogP contribution in [0, 0.1) is 0 Å². The van der Waals surface area contributed by atoms with Crippen LogP contribution in [0.2, 0.25) is 0 Å². The van der Waals surface area contributed by atoms with Gasteiger partial charge in [0.25, 0.3) is 0 Å². The van der Waals surface area contributed by atoms with E-state index in [1.165, 1.54) is 7.11 Å². The molecule has 4 rings (SSSR count). The summed E-state index contributed by atoms with van der Waals surface area (Å²) in [6.07, 6.45) is 0. The van der Waals surface area contributed by atoms with Crippen LogP contribution in [-0.2, 0) is 4.74 Å². The lowest BCUT2D eigenvalue weighted by molar-refractivity contribution is 0.0594. The zero-order chi connectivity index (χ0) is 19.3. The number of hydrogen-bond acceptors (Lipinski definition) is 5. The van der Waals surface area contributed by atoms with Gasteiger partial charge in [-0.25, -0.2) is 9.78 Å². The maximum Gasteiger partial charge on any atom is 0.356 e. The van der Waals surface area contributed by atoms with Gasteiger partial charge in [0.15, 0.2) is 5.69 Å². The molecule has 0 spiro atoms. The van der Waals surface area contributed by atoms with Gasteiger partial charge in [-0.2, -0.15) is 0 Å². The Morgan fingerprint density at radius 2 is 1.50 bits per heavy atom. The third kappa shape index (κ3) is 3.60. The Hall–Kier alpha value is -3.60. The Morgan fingerprint density at radius 1 is 0.821 bits per heavy atom. The Kier molecular flexibility index (Phi) is 5.06. The molecule has 0 aliphatic rings. The predicted molar refractivity (Wildman–Crippen MR) is 108 cm³/mol. The fourth-order valence-electron chi connectivity index (χ4n) is 3.10. The number of para-hydroxylation sites is 1. The van der Waals surface area contributed by atoms with Crippen molar-refractivity contribution in [1.82, 2.24) is 4.98 Å². The summed E-state index contributed by atoms with van der Waals surface area (Å²) in [7, 11) is 1.33. The molecule has 0 fully saturated rings. The van der Waals surface area contributed by atoms with Crippen LogP contribution in [0.15, 0.2) is 72.8 Å². The van der Waals surface area contributed by atoms with Gasteiger partial charge in [-0.05, 0) is 23.6 Å². The quantitative estimate of drug-likeness (QED) is 0.364. The smallest absolute Gasteiger partial charge is 0.356 e. The second-order valence-corrected chi connectivity index (χ2v) is 6.19. The molecule has 0 aliphatic heterocycles. The predicted octanol–water partition coefficient (Wildman–Crippen LogP) is 4.63. The molecule has 3 aromatic carbocycles. The number of fused-ring (bicyclic) bond motifs is 2. The molecule has 5 heteroatoms. The van der Waals surface area contributed by atoms with Crippen LogP contribution >= 0.6 is 0 Å². The highest BCUT2D eigenvalue weighted by Crippen LogP contribution is 2.27. The number of ether oxygens (including phenoxy) is 3. The zero-order valence-corrected chi connectivity index (χ0v) is 15.4. The third-order valence-corrected chi connectivity index (χ3v) is 4.42. The summed E-state index contributed by atoms with van der Waals surface area (Å²) >= 11 is 0. The number of rotatable bonds is 6. The number of nitrogens with zero attached hydrogens (tertiary/aromatic N) is 1. The normalized spacial score (nSPS) is 10.8. The van der Waals surface area contributed by atoms with Crippen molar-refractivity contribution in [3.8, 4) is 11.5 Å². The minimum absolute atomic E-state index is 0.214. The van der Waals surface area contributed by atoms with Crippen molar-refractivity contribution in [3.05, 3.63) is 78.5 Å². The summed E-state index contributed by atoms with van der Waals surface area (Å²) in [5.41, 5.74) is 0.890. The molecular weight excluding hydrogens is 354 g/mol. The molecule has 1 heterocycles. The van der Waals surface area contributed by atoms with E-state index in [2.05, 4.69) is 17.1 Å². The van der Waals surface area contributed by atoms with Gasteiger partial charge in [0, 0.05) is 16.8 Å². The fraction of sp³-hybridized carbons (Fsp3) is 0.130. The summed E-state index contributed by atoms with van der Waals surface area (Å²) in [4.78, 5) is 16.2. The Morgan fingerprint density at radius 3 is 2.32 bits per heavy atom. The minimum atomic E-state index is -0.498. The maximum atomic E-state index is 11.9. The summed E-state index contributed by atoms with van der Waals surface area (Å²) in [5.74, 6) is 0.895. The topological polar surface area (TPSA) is 57.7 Å². The van der Waals surface area contributed by atoms with Crippen molar-refractivity contribution in [2.45, 2.75) is 0 Å². The molecule has 1 aromatic heterocycles. The van der Waals surface area contributed by atoms with Crippen molar-refractivity contribution in [2.24, 2.45) is 0 Å². The van der Waals surface area contributed by atoms with Gasteiger partial charge >= 0.3 is 5.97 Å². The first-order valence-electron chi connectivity index (χ1n) is 8.98. The van der Waals surface area contributed by atoms with E-state index in [1.807, 2.05) is 54.6 Å². The van der Waals surface area contributed by atoms with Crippen LogP contribution in [0.4, 0.5) is 0 Å². The van der Waals surface area contributed by atoms with Crippen LogP contribution in [0.3, 0.4) is 0 Å². The SMILES string of the molecule is COC(=O)c1cc(OCCOc2cccc3ccccc23)c2ccccc2n1. The number of hydrogen-bond donors (Lipinski definition) is 0. The van der Waals surface area contributed by atoms with E-state index in [9.17, 15) is 4.79 Å². The van der Waals surface area contributed by atoms with Gasteiger partial charge in [0.2, 0.25) is 0 Å². The molecule has 0 N–H and O–H groups in total. The first-order chi connectivity index (χ1) is 13.8. The lowest BCUT2D eigenvalue weighted by Crippen LogP contribution is -2.11. The molecular formula is C23H19NO4. The first-order valence-corrected chi connectivity index (χ1v) is 8.98. The fourth-order valence-corrected chi connectivity index (χ4v) is 3.10. The van der Waals surface area contributed by atoms with E-state index in [0.29, 0.717) is 24.5 Å². The summed E-state index contributed by atoms with van der Waals surface area (Å²) in [6, 6.07) is 23.2. The van der Waals surface area contributed by atoms with E-state index in [0.717, 1.165) is 21.9 Å². The van der Waals surface area contributed by atoms with Gasteiger partial charge < -0.3 is 14.2 Å². The molecule has 0 saturated carbocycles. The maximum absolute atomic E-state index is 11.9. The summed E-state index contributed by atoms with van der Waals surface area (Å²) in [5, 5.41) is 3.02.